The third kappa shape index (κ3) is 3.80. The third-order valence-electron chi connectivity index (χ3n) is 5.84. The van der Waals surface area contributed by atoms with Crippen molar-refractivity contribution in [3.05, 3.63) is 47.7 Å². The molecule has 2 aromatic rings. The van der Waals surface area contributed by atoms with E-state index in [2.05, 4.69) is 14.9 Å². The molecular formula is C21H27N5O. The number of likely N-dealkylation sites (tertiary alicyclic amines) is 1. The van der Waals surface area contributed by atoms with Crippen molar-refractivity contribution in [3.8, 4) is 0 Å². The highest BCUT2D eigenvalue weighted by molar-refractivity contribution is 5.77. The number of carbonyl (C=O) groups excluding carboxylic acids is 1. The number of carbonyl (C=O) groups is 1. The van der Waals surface area contributed by atoms with Gasteiger partial charge in [-0.1, -0.05) is 6.07 Å². The van der Waals surface area contributed by atoms with Crippen LogP contribution in [-0.4, -0.2) is 45.4 Å². The highest BCUT2D eigenvalue weighted by Crippen LogP contribution is 2.40. The molecule has 1 spiro atoms. The van der Waals surface area contributed by atoms with E-state index >= 15 is 0 Å². The van der Waals surface area contributed by atoms with E-state index in [0.717, 1.165) is 61.8 Å². The van der Waals surface area contributed by atoms with Crippen LogP contribution in [0.15, 0.2) is 30.6 Å². The van der Waals surface area contributed by atoms with Crippen molar-refractivity contribution >= 4 is 11.7 Å². The number of hydrogen-bond acceptors (Lipinski definition) is 5. The van der Waals surface area contributed by atoms with Gasteiger partial charge < -0.3 is 9.80 Å². The van der Waals surface area contributed by atoms with Gasteiger partial charge in [0.05, 0.1) is 23.6 Å². The van der Waals surface area contributed by atoms with Crippen molar-refractivity contribution in [2.45, 2.75) is 46.1 Å². The summed E-state index contributed by atoms with van der Waals surface area (Å²) in [6.45, 7) is 7.37. The summed E-state index contributed by atoms with van der Waals surface area (Å²) < 4.78 is 0. The van der Waals surface area contributed by atoms with Gasteiger partial charge in [0, 0.05) is 43.9 Å². The lowest BCUT2D eigenvalue weighted by molar-refractivity contribution is -0.138. The van der Waals surface area contributed by atoms with Gasteiger partial charge in [-0.15, -0.1) is 0 Å². The van der Waals surface area contributed by atoms with Gasteiger partial charge in [0.15, 0.2) is 0 Å². The Morgan fingerprint density at radius 2 is 2.04 bits per heavy atom. The van der Waals surface area contributed by atoms with Gasteiger partial charge in [-0.3, -0.25) is 14.8 Å². The molecule has 142 valence electrons. The summed E-state index contributed by atoms with van der Waals surface area (Å²) in [6, 6.07) is 5.88. The SMILES string of the molecule is Cc1cnc(C)c(N2CCCC3(CCC(=O)N(Cc4ccccn4)C3)C2)n1. The van der Waals surface area contributed by atoms with Crippen LogP contribution in [0.5, 0.6) is 0 Å². The molecule has 2 aromatic heterocycles. The first kappa shape index (κ1) is 17.9. The molecule has 2 fully saturated rings. The molecule has 2 aliphatic heterocycles. The predicted octanol–water partition coefficient (Wildman–Crippen LogP) is 2.90. The van der Waals surface area contributed by atoms with Crippen molar-refractivity contribution in [3.63, 3.8) is 0 Å². The highest BCUT2D eigenvalue weighted by Gasteiger charge is 2.42. The van der Waals surface area contributed by atoms with Gasteiger partial charge in [-0.25, -0.2) is 4.98 Å². The van der Waals surface area contributed by atoms with Crippen LogP contribution in [0.4, 0.5) is 5.82 Å². The first-order valence-corrected chi connectivity index (χ1v) is 9.78. The molecule has 1 unspecified atom stereocenters. The Morgan fingerprint density at radius 3 is 2.85 bits per heavy atom. The fraction of sp³-hybridized carbons (Fsp3) is 0.524. The van der Waals surface area contributed by atoms with E-state index in [-0.39, 0.29) is 11.3 Å². The Kier molecular flexibility index (Phi) is 4.81. The summed E-state index contributed by atoms with van der Waals surface area (Å²) in [7, 11) is 0. The number of piperidine rings is 2. The Bertz CT molecular complexity index is 825. The number of amides is 1. The molecular weight excluding hydrogens is 338 g/mol. The van der Waals surface area contributed by atoms with Crippen LogP contribution in [0.25, 0.3) is 0 Å². The number of nitrogens with zero attached hydrogens (tertiary/aromatic N) is 5. The number of hydrogen-bond donors (Lipinski definition) is 0. The molecule has 6 nitrogen and oxygen atoms in total. The summed E-state index contributed by atoms with van der Waals surface area (Å²) in [4.78, 5) is 30.6. The summed E-state index contributed by atoms with van der Waals surface area (Å²) in [5.41, 5.74) is 3.02. The van der Waals surface area contributed by atoms with Crippen LogP contribution >= 0.6 is 0 Å². The monoisotopic (exact) mass is 365 g/mol. The largest absolute Gasteiger partial charge is 0.354 e. The van der Waals surface area contributed by atoms with Gasteiger partial charge >= 0.3 is 0 Å². The maximum Gasteiger partial charge on any atom is 0.222 e. The predicted molar refractivity (Wildman–Crippen MR) is 104 cm³/mol. The number of rotatable bonds is 3. The minimum Gasteiger partial charge on any atom is -0.354 e. The lowest BCUT2D eigenvalue weighted by Gasteiger charge is -2.48. The normalized spacial score (nSPS) is 23.1. The van der Waals surface area contributed by atoms with E-state index in [1.165, 1.54) is 0 Å². The second kappa shape index (κ2) is 7.25. The Labute approximate surface area is 160 Å². The Morgan fingerprint density at radius 1 is 1.15 bits per heavy atom. The van der Waals surface area contributed by atoms with Gasteiger partial charge in [0.25, 0.3) is 0 Å². The molecule has 1 atom stereocenters. The smallest absolute Gasteiger partial charge is 0.222 e. The second-order valence-corrected chi connectivity index (χ2v) is 8.02. The molecule has 4 rings (SSSR count). The first-order chi connectivity index (χ1) is 13.0. The number of anilines is 1. The van der Waals surface area contributed by atoms with Crippen LogP contribution in [0.2, 0.25) is 0 Å². The molecule has 27 heavy (non-hydrogen) atoms. The molecule has 2 saturated heterocycles. The summed E-state index contributed by atoms with van der Waals surface area (Å²) in [6.07, 6.45) is 7.49. The van der Waals surface area contributed by atoms with E-state index in [1.54, 1.807) is 6.20 Å². The van der Waals surface area contributed by atoms with Crippen LogP contribution in [0.3, 0.4) is 0 Å². The summed E-state index contributed by atoms with van der Waals surface area (Å²) in [5, 5.41) is 0. The van der Waals surface area contributed by atoms with Crippen molar-refractivity contribution in [1.29, 1.82) is 0 Å². The third-order valence-corrected chi connectivity index (χ3v) is 5.84. The number of aryl methyl sites for hydroxylation is 2. The molecule has 0 aromatic carbocycles. The van der Waals surface area contributed by atoms with Crippen LogP contribution in [0.1, 0.15) is 42.8 Å². The summed E-state index contributed by atoms with van der Waals surface area (Å²) >= 11 is 0. The van der Waals surface area contributed by atoms with Crippen LogP contribution in [-0.2, 0) is 11.3 Å². The fourth-order valence-electron chi connectivity index (χ4n) is 4.48. The van der Waals surface area contributed by atoms with E-state index in [9.17, 15) is 4.79 Å². The second-order valence-electron chi connectivity index (χ2n) is 8.02. The zero-order valence-corrected chi connectivity index (χ0v) is 16.2. The fourth-order valence-corrected chi connectivity index (χ4v) is 4.48. The zero-order chi connectivity index (χ0) is 18.9. The molecule has 0 bridgehead atoms. The van der Waals surface area contributed by atoms with Gasteiger partial charge in [-0.05, 0) is 45.2 Å². The molecule has 0 saturated carbocycles. The van der Waals surface area contributed by atoms with Gasteiger partial charge in [-0.2, -0.15) is 0 Å². The number of aromatic nitrogens is 3. The van der Waals surface area contributed by atoms with E-state index < -0.39 is 0 Å². The minimum absolute atomic E-state index is 0.138. The molecule has 0 aliphatic carbocycles. The lowest BCUT2D eigenvalue weighted by atomic mass is 9.73. The van der Waals surface area contributed by atoms with Gasteiger partial charge in [0.1, 0.15) is 5.82 Å². The average Bonchev–Trinajstić information content (AvgIpc) is 2.68. The molecule has 2 aliphatic rings. The van der Waals surface area contributed by atoms with Crippen LogP contribution < -0.4 is 4.90 Å². The van der Waals surface area contributed by atoms with Gasteiger partial charge in [0.2, 0.25) is 5.91 Å². The first-order valence-electron chi connectivity index (χ1n) is 9.78. The maximum absolute atomic E-state index is 12.5. The molecule has 0 N–H and O–H groups in total. The summed E-state index contributed by atoms with van der Waals surface area (Å²) in [5.74, 6) is 1.25. The standard InChI is InChI=1S/C21H27N5O/c1-16-12-23-17(2)20(24-16)25-11-5-8-21(14-25)9-7-19(27)26(15-21)13-18-6-3-4-10-22-18/h3-4,6,10,12H,5,7-9,11,13-15H2,1-2H3. The topological polar surface area (TPSA) is 62.2 Å². The van der Waals surface area contributed by atoms with Crippen molar-refractivity contribution in [2.75, 3.05) is 24.5 Å². The molecule has 0 radical (unpaired) electrons. The highest BCUT2D eigenvalue weighted by atomic mass is 16.2. The lowest BCUT2D eigenvalue weighted by Crippen LogP contribution is -2.54. The minimum atomic E-state index is 0.138. The Balaban J connectivity index is 1.53. The van der Waals surface area contributed by atoms with Crippen LogP contribution in [0, 0.1) is 19.3 Å². The van der Waals surface area contributed by atoms with Crippen molar-refractivity contribution in [2.24, 2.45) is 5.41 Å². The zero-order valence-electron chi connectivity index (χ0n) is 16.2. The molecule has 6 heteroatoms. The van der Waals surface area contributed by atoms with E-state index in [4.69, 9.17) is 4.98 Å². The maximum atomic E-state index is 12.5. The number of pyridine rings is 1. The average molecular weight is 365 g/mol. The van der Waals surface area contributed by atoms with E-state index in [1.807, 2.05) is 43.1 Å². The van der Waals surface area contributed by atoms with Crippen molar-refractivity contribution < 1.29 is 4.79 Å². The molecule has 1 amide bonds. The quantitative estimate of drug-likeness (QED) is 0.837. The Hall–Kier alpha value is -2.50. The van der Waals surface area contributed by atoms with E-state index in [0.29, 0.717) is 13.0 Å². The van der Waals surface area contributed by atoms with Crippen molar-refractivity contribution in [1.82, 2.24) is 19.9 Å². The molecule has 4 heterocycles.